The molecule has 0 saturated carbocycles. The van der Waals surface area contributed by atoms with Crippen LogP contribution in [0, 0.1) is 29.1 Å². The largest absolute Gasteiger partial charge is 0.504 e. The maximum atomic E-state index is 12.0. The van der Waals surface area contributed by atoms with E-state index in [1.807, 2.05) is 6.07 Å². The van der Waals surface area contributed by atoms with E-state index in [4.69, 9.17) is 15.2 Å². The Balaban J connectivity index is 2.45. The predicted molar refractivity (Wildman–Crippen MR) is 151 cm³/mol. The van der Waals surface area contributed by atoms with Gasteiger partial charge in [-0.15, -0.1) is 5.92 Å². The number of esters is 1. The molecule has 8 heteroatoms. The summed E-state index contributed by atoms with van der Waals surface area (Å²) >= 11 is 0. The van der Waals surface area contributed by atoms with E-state index >= 15 is 0 Å². The van der Waals surface area contributed by atoms with E-state index in [-0.39, 0.29) is 29.0 Å². The Bertz CT molecular complexity index is 986. The van der Waals surface area contributed by atoms with Crippen molar-refractivity contribution in [2.24, 2.45) is 28.0 Å². The summed E-state index contributed by atoms with van der Waals surface area (Å²) in [5.41, 5.74) is 6.54. The van der Waals surface area contributed by atoms with Crippen LogP contribution in [-0.4, -0.2) is 55.1 Å². The molecule has 1 aliphatic carbocycles. The molecule has 8 nitrogen and oxygen atoms in total. The van der Waals surface area contributed by atoms with Gasteiger partial charge in [0.1, 0.15) is 6.10 Å². The number of nitrogens with one attached hydrogen (secondary N) is 1. The molecule has 0 radical (unpaired) electrons. The lowest BCUT2D eigenvalue weighted by Crippen LogP contribution is -2.44. The van der Waals surface area contributed by atoms with Crippen molar-refractivity contribution in [3.63, 3.8) is 0 Å². The van der Waals surface area contributed by atoms with Gasteiger partial charge in [0, 0.05) is 39.3 Å². The Morgan fingerprint density at radius 1 is 1.37 bits per heavy atom. The summed E-state index contributed by atoms with van der Waals surface area (Å²) in [6.07, 6.45) is 5.99. The number of rotatable bonds is 11. The Morgan fingerprint density at radius 2 is 2.13 bits per heavy atom. The molecule has 212 valence electrons. The number of phenols is 1. The lowest BCUT2D eigenvalue weighted by molar-refractivity contribution is -0.151. The zero-order valence-electron chi connectivity index (χ0n) is 23.8. The molecule has 1 aliphatic rings. The minimum absolute atomic E-state index is 0.0678. The number of aliphatic imine (C=N–C) groups is 1. The minimum Gasteiger partial charge on any atom is -0.504 e. The summed E-state index contributed by atoms with van der Waals surface area (Å²) in [5.74, 6) is 7.67. The fourth-order valence-corrected chi connectivity index (χ4v) is 5.25. The number of benzene rings is 1. The Morgan fingerprint density at radius 3 is 2.79 bits per heavy atom. The number of aliphatic hydroxyl groups excluding tert-OH is 1. The first kappa shape index (κ1) is 31.3. The first-order valence-electron chi connectivity index (χ1n) is 13.8. The number of guanidine groups is 1. The van der Waals surface area contributed by atoms with Gasteiger partial charge in [0.05, 0.1) is 18.6 Å². The molecule has 0 spiro atoms. The van der Waals surface area contributed by atoms with Gasteiger partial charge in [0.2, 0.25) is 0 Å². The van der Waals surface area contributed by atoms with E-state index in [0.717, 1.165) is 24.8 Å². The second-order valence-corrected chi connectivity index (χ2v) is 10.6. The lowest BCUT2D eigenvalue weighted by Gasteiger charge is -2.37. The molecule has 1 aromatic rings. The van der Waals surface area contributed by atoms with Crippen molar-refractivity contribution < 1.29 is 24.5 Å². The minimum atomic E-state index is -0.643. The molecular weight excluding hydrogens is 482 g/mol. The van der Waals surface area contributed by atoms with Crippen LogP contribution in [0.2, 0.25) is 0 Å². The van der Waals surface area contributed by atoms with E-state index < -0.39 is 12.2 Å². The quantitative estimate of drug-likeness (QED) is 0.111. The van der Waals surface area contributed by atoms with Gasteiger partial charge >= 0.3 is 5.97 Å². The number of carbonyl (C=O) groups is 1. The number of phenolic OH excluding ortho intramolecular Hbond substituents is 1. The number of aromatic hydroxyl groups is 1. The van der Waals surface area contributed by atoms with Crippen molar-refractivity contribution in [3.05, 3.63) is 23.8 Å². The third-order valence-electron chi connectivity index (χ3n) is 7.72. The number of hydrogen-bond acceptors (Lipinski definition) is 6. The maximum Gasteiger partial charge on any atom is 0.302 e. The van der Waals surface area contributed by atoms with E-state index in [2.05, 4.69) is 36.0 Å². The van der Waals surface area contributed by atoms with Crippen LogP contribution in [0.1, 0.15) is 77.7 Å². The van der Waals surface area contributed by atoms with Crippen molar-refractivity contribution in [1.29, 1.82) is 0 Å². The van der Waals surface area contributed by atoms with Crippen molar-refractivity contribution in [2.75, 3.05) is 20.7 Å². The molecule has 0 amide bonds. The normalized spacial score (nSPS) is 25.0. The van der Waals surface area contributed by atoms with Gasteiger partial charge in [-0.2, -0.15) is 0 Å². The molecule has 2 rings (SSSR count). The summed E-state index contributed by atoms with van der Waals surface area (Å²) in [5, 5.41) is 24.4. The summed E-state index contributed by atoms with van der Waals surface area (Å²) in [6.45, 7) is 6.39. The summed E-state index contributed by atoms with van der Waals surface area (Å²) < 4.78 is 11.0. The number of unbranched alkanes of at least 4 members (excludes halogenated alkanes) is 2. The van der Waals surface area contributed by atoms with Gasteiger partial charge in [-0.05, 0) is 49.3 Å². The van der Waals surface area contributed by atoms with Gasteiger partial charge in [-0.25, -0.2) is 0 Å². The average molecular weight is 530 g/mol. The van der Waals surface area contributed by atoms with Crippen LogP contribution in [0.3, 0.4) is 0 Å². The monoisotopic (exact) mass is 529 g/mol. The Labute approximate surface area is 228 Å². The molecular formula is C30H47N3O5. The number of aliphatic hydroxyl groups is 1. The van der Waals surface area contributed by atoms with Gasteiger partial charge < -0.3 is 30.7 Å². The highest BCUT2D eigenvalue weighted by atomic mass is 16.5. The molecule has 5 N–H and O–H groups in total. The van der Waals surface area contributed by atoms with Crippen LogP contribution in [-0.2, 0) is 16.0 Å². The maximum absolute atomic E-state index is 12.0. The second kappa shape index (κ2) is 15.5. The van der Waals surface area contributed by atoms with E-state index in [0.29, 0.717) is 50.4 Å². The molecule has 1 aromatic carbocycles. The number of nitrogens with two attached hydrogens (primary N) is 1. The highest BCUT2D eigenvalue weighted by Gasteiger charge is 2.37. The van der Waals surface area contributed by atoms with Crippen molar-refractivity contribution in [2.45, 2.75) is 90.8 Å². The van der Waals surface area contributed by atoms with Crippen molar-refractivity contribution in [3.8, 4) is 23.3 Å². The highest BCUT2D eigenvalue weighted by Crippen LogP contribution is 2.38. The zero-order chi connectivity index (χ0) is 28.1. The molecule has 0 fully saturated rings. The van der Waals surface area contributed by atoms with Crippen LogP contribution < -0.4 is 15.8 Å². The molecule has 0 saturated heterocycles. The molecule has 0 bridgehead atoms. The first-order chi connectivity index (χ1) is 18.1. The highest BCUT2D eigenvalue weighted by molar-refractivity contribution is 5.77. The van der Waals surface area contributed by atoms with Gasteiger partial charge in [0.25, 0.3) is 0 Å². The van der Waals surface area contributed by atoms with E-state index in [1.165, 1.54) is 20.5 Å². The number of carbonyl (C=O) groups excluding carboxylic acids is 1. The fourth-order valence-electron chi connectivity index (χ4n) is 5.25. The molecule has 0 aliphatic heterocycles. The summed E-state index contributed by atoms with van der Waals surface area (Å²) in [7, 11) is 3.16. The second-order valence-electron chi connectivity index (χ2n) is 10.6. The van der Waals surface area contributed by atoms with E-state index in [1.54, 1.807) is 19.2 Å². The van der Waals surface area contributed by atoms with Gasteiger partial charge in [0.15, 0.2) is 17.5 Å². The molecule has 0 unspecified atom stereocenters. The van der Waals surface area contributed by atoms with Crippen LogP contribution in [0.5, 0.6) is 11.5 Å². The predicted octanol–water partition coefficient (Wildman–Crippen LogP) is 4.17. The van der Waals surface area contributed by atoms with Gasteiger partial charge in [-0.1, -0.05) is 45.1 Å². The first-order valence-corrected chi connectivity index (χ1v) is 13.8. The Hall–Kier alpha value is -2.92. The smallest absolute Gasteiger partial charge is 0.302 e. The molecule has 38 heavy (non-hydrogen) atoms. The standard InChI is InChI=1S/C30H47N3O5/c1-6-7-8-10-21(2)30(20-33-29(31)32-4)15-9-11-24(17-23-12-13-26(36)28(18-23)37-5)27(38-22(3)34)19-25(35)14-16-30/h12-13,18,21,24-25,27,35-36H,6-8,10-11,14,16-17,19-20H2,1-5H3,(H3,31,32,33)/t21-,24+,25-,27-,30-/m0/s1. The fraction of sp³-hybridized carbons (Fsp3) is 0.667. The van der Waals surface area contributed by atoms with E-state index in [9.17, 15) is 15.0 Å². The van der Waals surface area contributed by atoms with Crippen molar-refractivity contribution >= 4 is 11.9 Å². The summed E-state index contributed by atoms with van der Waals surface area (Å²) in [6, 6.07) is 5.23. The van der Waals surface area contributed by atoms with Crippen LogP contribution >= 0.6 is 0 Å². The number of ether oxygens (including phenoxy) is 2. The van der Waals surface area contributed by atoms with Gasteiger partial charge in [-0.3, -0.25) is 9.79 Å². The summed E-state index contributed by atoms with van der Waals surface area (Å²) in [4.78, 5) is 16.0. The zero-order valence-corrected chi connectivity index (χ0v) is 23.8. The molecule has 0 heterocycles. The van der Waals surface area contributed by atoms with Crippen LogP contribution in [0.4, 0.5) is 0 Å². The lowest BCUT2D eigenvalue weighted by atomic mass is 9.70. The average Bonchev–Trinajstić information content (AvgIpc) is 2.89. The van der Waals surface area contributed by atoms with Crippen LogP contribution in [0.15, 0.2) is 23.2 Å². The molecule has 5 atom stereocenters. The van der Waals surface area contributed by atoms with Crippen LogP contribution in [0.25, 0.3) is 0 Å². The third kappa shape index (κ3) is 9.43. The SMILES string of the molecule is CCCCC[C@H](C)[C@@]1(CNC(N)=NC)C#CC[C@H](Cc2ccc(O)c(OC)c2)[C@@H](OC(C)=O)C[C@@H](O)CC1. The number of nitrogens with zero attached hydrogens (tertiary/aromatic N) is 1. The number of hydrogen-bond donors (Lipinski definition) is 4. The topological polar surface area (TPSA) is 126 Å². The Kier molecular flexibility index (Phi) is 12.8. The third-order valence-corrected chi connectivity index (χ3v) is 7.72. The number of methoxy groups -OCH3 is 1. The molecule has 0 aromatic heterocycles. The van der Waals surface area contributed by atoms with Crippen molar-refractivity contribution in [1.82, 2.24) is 5.32 Å².